The summed E-state index contributed by atoms with van der Waals surface area (Å²) in [5.41, 5.74) is 6.56. The number of nitrogens with one attached hydrogen (secondary N) is 2. The average Bonchev–Trinajstić information content (AvgIpc) is 2.61. The minimum absolute atomic E-state index is 0.194. The van der Waals surface area contributed by atoms with Crippen LogP contribution in [-0.2, 0) is 0 Å². The van der Waals surface area contributed by atoms with Gasteiger partial charge in [0.15, 0.2) is 0 Å². The van der Waals surface area contributed by atoms with E-state index in [1.165, 1.54) is 18.3 Å². The number of imide groups is 1. The van der Waals surface area contributed by atoms with Gasteiger partial charge in [0, 0.05) is 29.0 Å². The molecule has 0 radical (unpaired) electrons. The number of rotatable bonds is 3. The highest BCUT2D eigenvalue weighted by atomic mass is 16.2. The standard InChI is InChI=1S/C17H13N5O3/c18-17(25)22-15(23)11-2-1-3-13(7-11)21-16(24)12-6-10-4-5-19-9-14(10)20-8-12/h1-9H,(H,21,24)(H3,18,22,23,25). The van der Waals surface area contributed by atoms with Crippen LogP contribution >= 0.6 is 0 Å². The lowest BCUT2D eigenvalue weighted by atomic mass is 10.1. The average molecular weight is 335 g/mol. The molecule has 0 bridgehead atoms. The molecule has 2 aromatic heterocycles. The first kappa shape index (κ1) is 16.1. The van der Waals surface area contributed by atoms with Gasteiger partial charge in [0.25, 0.3) is 11.8 Å². The zero-order valence-corrected chi connectivity index (χ0v) is 12.9. The van der Waals surface area contributed by atoms with Crippen molar-refractivity contribution in [3.05, 3.63) is 66.1 Å². The molecule has 124 valence electrons. The predicted molar refractivity (Wildman–Crippen MR) is 91.0 cm³/mol. The fourth-order valence-electron chi connectivity index (χ4n) is 2.22. The quantitative estimate of drug-likeness (QED) is 0.671. The number of pyridine rings is 2. The molecular formula is C17H13N5O3. The summed E-state index contributed by atoms with van der Waals surface area (Å²) in [6.45, 7) is 0. The summed E-state index contributed by atoms with van der Waals surface area (Å²) in [6.07, 6.45) is 4.67. The molecule has 1 aromatic carbocycles. The number of amides is 4. The van der Waals surface area contributed by atoms with Crippen molar-refractivity contribution in [2.24, 2.45) is 5.73 Å². The van der Waals surface area contributed by atoms with Gasteiger partial charge in [-0.1, -0.05) is 6.07 Å². The highest BCUT2D eigenvalue weighted by molar-refractivity contribution is 6.07. The van der Waals surface area contributed by atoms with Gasteiger partial charge < -0.3 is 11.1 Å². The minimum atomic E-state index is -0.948. The number of fused-ring (bicyclic) bond motifs is 1. The molecule has 0 atom stereocenters. The molecule has 0 saturated heterocycles. The number of primary amides is 1. The summed E-state index contributed by atoms with van der Waals surface area (Å²) >= 11 is 0. The van der Waals surface area contributed by atoms with Gasteiger partial charge >= 0.3 is 6.03 Å². The molecule has 4 N–H and O–H groups in total. The van der Waals surface area contributed by atoms with Gasteiger partial charge in [0.2, 0.25) is 0 Å². The Morgan fingerprint density at radius 2 is 1.80 bits per heavy atom. The number of anilines is 1. The molecule has 25 heavy (non-hydrogen) atoms. The smallest absolute Gasteiger partial charge is 0.319 e. The molecule has 0 aliphatic heterocycles. The number of aromatic nitrogens is 2. The number of nitrogens with zero attached hydrogens (tertiary/aromatic N) is 2. The van der Waals surface area contributed by atoms with Crippen molar-refractivity contribution in [2.75, 3.05) is 5.32 Å². The Hall–Kier alpha value is -3.81. The molecule has 0 spiro atoms. The van der Waals surface area contributed by atoms with Crippen LogP contribution in [0.2, 0.25) is 0 Å². The third-order valence-corrected chi connectivity index (χ3v) is 3.37. The lowest BCUT2D eigenvalue weighted by molar-refractivity contribution is 0.0964. The third kappa shape index (κ3) is 3.75. The van der Waals surface area contributed by atoms with Gasteiger partial charge in [-0.25, -0.2) is 4.79 Å². The fourth-order valence-corrected chi connectivity index (χ4v) is 2.22. The van der Waals surface area contributed by atoms with Crippen LogP contribution in [-0.4, -0.2) is 27.8 Å². The topological polar surface area (TPSA) is 127 Å². The van der Waals surface area contributed by atoms with E-state index in [9.17, 15) is 14.4 Å². The molecule has 0 unspecified atom stereocenters. The second kappa shape index (κ2) is 6.75. The maximum Gasteiger partial charge on any atom is 0.319 e. The number of benzene rings is 1. The zero-order chi connectivity index (χ0) is 17.8. The molecule has 0 saturated carbocycles. The first-order valence-electron chi connectivity index (χ1n) is 7.25. The van der Waals surface area contributed by atoms with Crippen LogP contribution in [0.25, 0.3) is 10.9 Å². The number of carbonyl (C=O) groups is 3. The van der Waals surface area contributed by atoms with Gasteiger partial charge in [-0.3, -0.25) is 24.9 Å². The van der Waals surface area contributed by atoms with Gasteiger partial charge in [-0.15, -0.1) is 0 Å². The Morgan fingerprint density at radius 1 is 0.960 bits per heavy atom. The lowest BCUT2D eigenvalue weighted by Gasteiger charge is -2.08. The van der Waals surface area contributed by atoms with E-state index in [0.29, 0.717) is 16.8 Å². The molecule has 2 heterocycles. The van der Waals surface area contributed by atoms with Crippen molar-refractivity contribution in [1.82, 2.24) is 15.3 Å². The van der Waals surface area contributed by atoms with E-state index in [1.54, 1.807) is 36.7 Å². The summed E-state index contributed by atoms with van der Waals surface area (Å²) in [5, 5.41) is 5.43. The molecule has 4 amide bonds. The lowest BCUT2D eigenvalue weighted by Crippen LogP contribution is -2.34. The largest absolute Gasteiger partial charge is 0.351 e. The highest BCUT2D eigenvalue weighted by Crippen LogP contribution is 2.15. The van der Waals surface area contributed by atoms with Gasteiger partial charge in [0.1, 0.15) is 0 Å². The predicted octanol–water partition coefficient (Wildman–Crippen LogP) is 1.69. The first-order valence-corrected chi connectivity index (χ1v) is 7.25. The zero-order valence-electron chi connectivity index (χ0n) is 12.9. The van der Waals surface area contributed by atoms with Crippen LogP contribution in [0, 0.1) is 0 Å². The number of nitrogens with two attached hydrogens (primary N) is 1. The Labute approximate surface area is 142 Å². The van der Waals surface area contributed by atoms with Gasteiger partial charge in [-0.05, 0) is 30.3 Å². The van der Waals surface area contributed by atoms with Crippen LogP contribution in [0.15, 0.2) is 55.0 Å². The third-order valence-electron chi connectivity index (χ3n) is 3.37. The van der Waals surface area contributed by atoms with E-state index >= 15 is 0 Å². The Morgan fingerprint density at radius 3 is 2.60 bits per heavy atom. The summed E-state index contributed by atoms with van der Waals surface area (Å²) in [7, 11) is 0. The molecule has 3 rings (SSSR count). The van der Waals surface area contributed by atoms with E-state index in [-0.39, 0.29) is 11.5 Å². The molecular weight excluding hydrogens is 322 g/mol. The van der Waals surface area contributed by atoms with E-state index < -0.39 is 11.9 Å². The highest BCUT2D eigenvalue weighted by Gasteiger charge is 2.11. The Kier molecular flexibility index (Phi) is 4.34. The van der Waals surface area contributed by atoms with Crippen LogP contribution in [0.4, 0.5) is 10.5 Å². The van der Waals surface area contributed by atoms with E-state index in [0.717, 1.165) is 5.39 Å². The molecule has 3 aromatic rings. The van der Waals surface area contributed by atoms with Gasteiger partial charge in [0.05, 0.1) is 17.3 Å². The second-order valence-corrected chi connectivity index (χ2v) is 5.15. The van der Waals surface area contributed by atoms with Crippen LogP contribution in [0.1, 0.15) is 20.7 Å². The summed E-state index contributed by atoms with van der Waals surface area (Å²) in [5.74, 6) is -1.03. The van der Waals surface area contributed by atoms with E-state index in [2.05, 4.69) is 15.3 Å². The second-order valence-electron chi connectivity index (χ2n) is 5.15. The normalized spacial score (nSPS) is 10.2. The Balaban J connectivity index is 1.80. The molecule has 8 heteroatoms. The molecule has 0 aliphatic rings. The van der Waals surface area contributed by atoms with Gasteiger partial charge in [-0.2, -0.15) is 0 Å². The maximum absolute atomic E-state index is 12.4. The van der Waals surface area contributed by atoms with Crippen molar-refractivity contribution in [3.63, 3.8) is 0 Å². The van der Waals surface area contributed by atoms with Crippen molar-refractivity contribution in [2.45, 2.75) is 0 Å². The summed E-state index contributed by atoms with van der Waals surface area (Å²) in [4.78, 5) is 43.0. The monoisotopic (exact) mass is 335 g/mol. The van der Waals surface area contributed by atoms with Crippen molar-refractivity contribution in [1.29, 1.82) is 0 Å². The van der Waals surface area contributed by atoms with E-state index in [4.69, 9.17) is 5.73 Å². The number of urea groups is 1. The number of hydrogen-bond acceptors (Lipinski definition) is 5. The molecule has 0 aliphatic carbocycles. The van der Waals surface area contributed by atoms with Crippen molar-refractivity contribution >= 4 is 34.4 Å². The number of carbonyl (C=O) groups excluding carboxylic acids is 3. The molecule has 0 fully saturated rings. The van der Waals surface area contributed by atoms with Crippen LogP contribution in [0.5, 0.6) is 0 Å². The van der Waals surface area contributed by atoms with Crippen LogP contribution < -0.4 is 16.4 Å². The first-order chi connectivity index (χ1) is 12.0. The van der Waals surface area contributed by atoms with Crippen molar-refractivity contribution < 1.29 is 14.4 Å². The van der Waals surface area contributed by atoms with Crippen molar-refractivity contribution in [3.8, 4) is 0 Å². The minimum Gasteiger partial charge on any atom is -0.351 e. The fraction of sp³-hybridized carbons (Fsp3) is 0. The SMILES string of the molecule is NC(=O)NC(=O)c1cccc(NC(=O)c2cnc3cnccc3c2)c1. The molecule has 8 nitrogen and oxygen atoms in total. The maximum atomic E-state index is 12.4. The van der Waals surface area contributed by atoms with E-state index in [1.807, 2.05) is 5.32 Å². The number of hydrogen-bond donors (Lipinski definition) is 3. The summed E-state index contributed by atoms with van der Waals surface area (Å²) in [6, 6.07) is 8.65. The summed E-state index contributed by atoms with van der Waals surface area (Å²) < 4.78 is 0. The van der Waals surface area contributed by atoms with Crippen LogP contribution in [0.3, 0.4) is 0 Å². The Bertz CT molecular complexity index is 987.